The van der Waals surface area contributed by atoms with Gasteiger partial charge in [0.25, 0.3) is 0 Å². The van der Waals surface area contributed by atoms with Crippen molar-refractivity contribution in [2.24, 2.45) is 0 Å². The van der Waals surface area contributed by atoms with Gasteiger partial charge in [-0.25, -0.2) is 4.79 Å². The fraction of sp³-hybridized carbons (Fsp3) is 0.348. The van der Waals surface area contributed by atoms with Crippen molar-refractivity contribution in [2.75, 3.05) is 37.9 Å². The van der Waals surface area contributed by atoms with Crippen LogP contribution in [0.4, 0.5) is 11.4 Å². The highest BCUT2D eigenvalue weighted by molar-refractivity contribution is 5.95. The second-order valence-electron chi connectivity index (χ2n) is 7.10. The Kier molecular flexibility index (Phi) is 8.87. The van der Waals surface area contributed by atoms with Crippen LogP contribution in [0.1, 0.15) is 35.7 Å². The molecule has 7 heteroatoms. The lowest BCUT2D eigenvalue weighted by Gasteiger charge is -2.11. The standard InChI is InChI=1S/C23H29N3O4/c1-4-14-30-23(29)18-9-11-19(12-10-18)25-21(27)16-24-20-7-5-6-17(15-20)8-13-22(28)26(2)3/h5-7,9-12,15,24H,4,8,13-14,16H2,1-3H3,(H,25,27). The summed E-state index contributed by atoms with van der Waals surface area (Å²) in [5, 5.41) is 5.87. The van der Waals surface area contributed by atoms with Crippen molar-refractivity contribution in [1.82, 2.24) is 4.90 Å². The summed E-state index contributed by atoms with van der Waals surface area (Å²) in [5.41, 5.74) is 2.89. The van der Waals surface area contributed by atoms with Crippen molar-refractivity contribution >= 4 is 29.2 Å². The van der Waals surface area contributed by atoms with Crippen LogP contribution >= 0.6 is 0 Å². The molecule has 0 fully saturated rings. The van der Waals surface area contributed by atoms with Crippen LogP contribution in [0.25, 0.3) is 0 Å². The van der Waals surface area contributed by atoms with E-state index < -0.39 is 0 Å². The van der Waals surface area contributed by atoms with E-state index >= 15 is 0 Å². The molecule has 0 bridgehead atoms. The van der Waals surface area contributed by atoms with E-state index in [1.807, 2.05) is 31.2 Å². The first-order valence-corrected chi connectivity index (χ1v) is 9.99. The Morgan fingerprint density at radius 3 is 2.40 bits per heavy atom. The Bertz CT molecular complexity index is 863. The van der Waals surface area contributed by atoms with Gasteiger partial charge in [0.1, 0.15) is 0 Å². The van der Waals surface area contributed by atoms with Gasteiger partial charge in [0, 0.05) is 31.9 Å². The Labute approximate surface area is 177 Å². The summed E-state index contributed by atoms with van der Waals surface area (Å²) in [6.07, 6.45) is 1.86. The number of nitrogens with one attached hydrogen (secondary N) is 2. The lowest BCUT2D eigenvalue weighted by molar-refractivity contribution is -0.128. The first-order chi connectivity index (χ1) is 14.4. The van der Waals surface area contributed by atoms with Crippen LogP contribution in [0.2, 0.25) is 0 Å². The van der Waals surface area contributed by atoms with Crippen LogP contribution in [-0.2, 0) is 20.7 Å². The molecule has 30 heavy (non-hydrogen) atoms. The van der Waals surface area contributed by atoms with E-state index in [0.717, 1.165) is 17.7 Å². The summed E-state index contributed by atoms with van der Waals surface area (Å²) in [5.74, 6) is -0.495. The monoisotopic (exact) mass is 411 g/mol. The number of carbonyl (C=O) groups is 3. The van der Waals surface area contributed by atoms with E-state index in [1.54, 1.807) is 43.3 Å². The predicted molar refractivity (Wildman–Crippen MR) is 118 cm³/mol. The molecular weight excluding hydrogens is 382 g/mol. The molecule has 0 saturated carbocycles. The number of amides is 2. The second kappa shape index (κ2) is 11.6. The van der Waals surface area contributed by atoms with E-state index in [9.17, 15) is 14.4 Å². The van der Waals surface area contributed by atoms with Crippen molar-refractivity contribution in [3.05, 3.63) is 59.7 Å². The first-order valence-electron chi connectivity index (χ1n) is 9.99. The second-order valence-corrected chi connectivity index (χ2v) is 7.10. The lowest BCUT2D eigenvalue weighted by Crippen LogP contribution is -2.22. The molecule has 2 N–H and O–H groups in total. The maximum Gasteiger partial charge on any atom is 0.338 e. The maximum absolute atomic E-state index is 12.2. The third-order valence-electron chi connectivity index (χ3n) is 4.35. The topological polar surface area (TPSA) is 87.7 Å². The van der Waals surface area contributed by atoms with Gasteiger partial charge in [-0.15, -0.1) is 0 Å². The molecule has 0 atom stereocenters. The van der Waals surface area contributed by atoms with Gasteiger partial charge in [-0.1, -0.05) is 19.1 Å². The Morgan fingerprint density at radius 2 is 1.73 bits per heavy atom. The van der Waals surface area contributed by atoms with Gasteiger partial charge in [-0.05, 0) is 54.8 Å². The van der Waals surface area contributed by atoms with E-state index in [0.29, 0.717) is 30.7 Å². The lowest BCUT2D eigenvalue weighted by atomic mass is 10.1. The maximum atomic E-state index is 12.2. The normalized spacial score (nSPS) is 10.2. The molecular formula is C23H29N3O4. The van der Waals surface area contributed by atoms with Crippen molar-refractivity contribution < 1.29 is 19.1 Å². The minimum Gasteiger partial charge on any atom is -0.462 e. The van der Waals surface area contributed by atoms with Crippen LogP contribution < -0.4 is 10.6 Å². The number of rotatable bonds is 10. The molecule has 0 unspecified atom stereocenters. The summed E-state index contributed by atoms with van der Waals surface area (Å²) in [6.45, 7) is 2.42. The molecule has 2 aromatic rings. The van der Waals surface area contributed by atoms with Gasteiger partial charge in [0.05, 0.1) is 18.7 Å². The number of ether oxygens (including phenoxy) is 1. The van der Waals surface area contributed by atoms with Crippen LogP contribution in [0, 0.1) is 0 Å². The van der Waals surface area contributed by atoms with Crippen molar-refractivity contribution in [3.63, 3.8) is 0 Å². The highest BCUT2D eigenvalue weighted by Crippen LogP contribution is 2.14. The SMILES string of the molecule is CCCOC(=O)c1ccc(NC(=O)CNc2cccc(CCC(=O)N(C)C)c2)cc1. The van der Waals surface area contributed by atoms with Crippen molar-refractivity contribution in [3.8, 4) is 0 Å². The smallest absolute Gasteiger partial charge is 0.338 e. The van der Waals surface area contributed by atoms with E-state index in [4.69, 9.17) is 4.74 Å². The molecule has 0 spiro atoms. The molecule has 0 aromatic heterocycles. The number of esters is 1. The molecule has 2 aromatic carbocycles. The minimum absolute atomic E-state index is 0.0809. The van der Waals surface area contributed by atoms with Crippen LogP contribution in [-0.4, -0.2) is 49.9 Å². The van der Waals surface area contributed by atoms with Gasteiger partial charge in [-0.2, -0.15) is 0 Å². The molecule has 2 amide bonds. The summed E-state index contributed by atoms with van der Waals surface area (Å²) in [6, 6.07) is 14.3. The fourth-order valence-corrected chi connectivity index (χ4v) is 2.67. The van der Waals surface area contributed by atoms with Crippen LogP contribution in [0.5, 0.6) is 0 Å². The zero-order valence-corrected chi connectivity index (χ0v) is 17.7. The summed E-state index contributed by atoms with van der Waals surface area (Å²) >= 11 is 0. The summed E-state index contributed by atoms with van der Waals surface area (Å²) < 4.78 is 5.08. The highest BCUT2D eigenvalue weighted by atomic mass is 16.5. The summed E-state index contributed by atoms with van der Waals surface area (Å²) in [4.78, 5) is 37.3. The van der Waals surface area contributed by atoms with Crippen molar-refractivity contribution in [1.29, 1.82) is 0 Å². The predicted octanol–water partition coefficient (Wildman–Crippen LogP) is 3.32. The molecule has 0 heterocycles. The number of carbonyl (C=O) groups excluding carboxylic acids is 3. The molecule has 0 aliphatic rings. The highest BCUT2D eigenvalue weighted by Gasteiger charge is 2.08. The van der Waals surface area contributed by atoms with Gasteiger partial charge in [-0.3, -0.25) is 9.59 Å². The largest absolute Gasteiger partial charge is 0.462 e. The Balaban J connectivity index is 1.82. The number of hydrogen-bond donors (Lipinski definition) is 2. The Hall–Kier alpha value is -3.35. The van der Waals surface area contributed by atoms with E-state index in [-0.39, 0.29) is 24.3 Å². The average molecular weight is 412 g/mol. The van der Waals surface area contributed by atoms with Gasteiger partial charge in [0.15, 0.2) is 0 Å². The molecule has 7 nitrogen and oxygen atoms in total. The van der Waals surface area contributed by atoms with Crippen molar-refractivity contribution in [2.45, 2.75) is 26.2 Å². The number of aryl methyl sites for hydroxylation is 1. The molecule has 0 radical (unpaired) electrons. The third-order valence-corrected chi connectivity index (χ3v) is 4.35. The van der Waals surface area contributed by atoms with E-state index in [1.165, 1.54) is 0 Å². The quantitative estimate of drug-likeness (QED) is 0.586. The fourth-order valence-electron chi connectivity index (χ4n) is 2.67. The molecule has 0 saturated heterocycles. The van der Waals surface area contributed by atoms with Gasteiger partial charge >= 0.3 is 5.97 Å². The zero-order valence-electron chi connectivity index (χ0n) is 17.7. The van der Waals surface area contributed by atoms with Gasteiger partial charge in [0.2, 0.25) is 11.8 Å². The van der Waals surface area contributed by atoms with E-state index in [2.05, 4.69) is 10.6 Å². The van der Waals surface area contributed by atoms with Gasteiger partial charge < -0.3 is 20.3 Å². The first kappa shape index (κ1) is 22.9. The number of anilines is 2. The molecule has 0 aliphatic heterocycles. The Morgan fingerprint density at radius 1 is 1.00 bits per heavy atom. The molecule has 160 valence electrons. The number of hydrogen-bond acceptors (Lipinski definition) is 5. The number of benzene rings is 2. The molecule has 0 aliphatic carbocycles. The zero-order chi connectivity index (χ0) is 21.9. The number of nitrogens with zero attached hydrogens (tertiary/aromatic N) is 1. The minimum atomic E-state index is -0.372. The van der Waals surface area contributed by atoms with Crippen LogP contribution in [0.3, 0.4) is 0 Å². The average Bonchev–Trinajstić information content (AvgIpc) is 2.75. The summed E-state index contributed by atoms with van der Waals surface area (Å²) in [7, 11) is 3.48. The molecule has 2 rings (SSSR count). The third kappa shape index (κ3) is 7.58. The van der Waals surface area contributed by atoms with Crippen LogP contribution in [0.15, 0.2) is 48.5 Å².